The minimum atomic E-state index is 0.309. The first-order chi connectivity index (χ1) is 7.72. The summed E-state index contributed by atoms with van der Waals surface area (Å²) in [5, 5.41) is 1.17. The van der Waals surface area contributed by atoms with E-state index in [0.29, 0.717) is 6.04 Å². The molecule has 0 aliphatic heterocycles. The number of fused-ring (bicyclic) bond motifs is 1. The van der Waals surface area contributed by atoms with Crippen molar-refractivity contribution >= 4 is 37.5 Å². The summed E-state index contributed by atoms with van der Waals surface area (Å²) in [5.74, 6) is 0.749. The Morgan fingerprint density at radius 3 is 3.06 bits per heavy atom. The van der Waals surface area contributed by atoms with Crippen LogP contribution in [0.4, 0.5) is 0 Å². The van der Waals surface area contributed by atoms with E-state index >= 15 is 0 Å². The van der Waals surface area contributed by atoms with Gasteiger partial charge >= 0.3 is 0 Å². The molecule has 84 valence electrons. The molecule has 1 fully saturated rings. The van der Waals surface area contributed by atoms with Crippen molar-refractivity contribution in [2.24, 2.45) is 11.7 Å². The van der Waals surface area contributed by atoms with Crippen molar-refractivity contribution in [3.05, 3.63) is 27.7 Å². The van der Waals surface area contributed by atoms with Crippen LogP contribution < -0.4 is 5.73 Å². The molecule has 0 bridgehead atoms. The van der Waals surface area contributed by atoms with E-state index in [9.17, 15) is 0 Å². The zero-order valence-corrected chi connectivity index (χ0v) is 11.2. The summed E-state index contributed by atoms with van der Waals surface area (Å²) >= 11 is 5.23. The molecule has 4 heteroatoms. The van der Waals surface area contributed by atoms with Crippen LogP contribution in [0.5, 0.6) is 0 Å². The molecule has 2 aromatic rings. The first kappa shape index (κ1) is 10.7. The van der Waals surface area contributed by atoms with Crippen molar-refractivity contribution in [2.75, 3.05) is 0 Å². The lowest BCUT2D eigenvalue weighted by atomic mass is 10.1. The van der Waals surface area contributed by atoms with Gasteiger partial charge in [0.25, 0.3) is 0 Å². The predicted octanol–water partition coefficient (Wildman–Crippen LogP) is 3.34. The molecule has 1 saturated carbocycles. The fourth-order valence-electron chi connectivity index (χ4n) is 1.93. The van der Waals surface area contributed by atoms with Crippen LogP contribution in [0.1, 0.15) is 17.8 Å². The molecule has 3 rings (SSSR count). The van der Waals surface area contributed by atoms with Crippen LogP contribution in [-0.2, 0) is 6.42 Å². The second-order valence-electron chi connectivity index (χ2n) is 4.43. The van der Waals surface area contributed by atoms with Crippen molar-refractivity contribution in [2.45, 2.75) is 25.3 Å². The van der Waals surface area contributed by atoms with Crippen LogP contribution in [0.3, 0.4) is 0 Å². The van der Waals surface area contributed by atoms with E-state index in [4.69, 9.17) is 5.73 Å². The highest BCUT2D eigenvalue weighted by atomic mass is 79.9. The average Bonchev–Trinajstić information content (AvgIpc) is 3.00. The van der Waals surface area contributed by atoms with Gasteiger partial charge < -0.3 is 5.73 Å². The van der Waals surface area contributed by atoms with Crippen molar-refractivity contribution in [3.8, 4) is 0 Å². The number of nitrogens with zero attached hydrogens (tertiary/aromatic N) is 1. The molecule has 1 aliphatic carbocycles. The Labute approximate surface area is 107 Å². The topological polar surface area (TPSA) is 38.9 Å². The van der Waals surface area contributed by atoms with Gasteiger partial charge in [0.1, 0.15) is 0 Å². The molecule has 1 aliphatic rings. The summed E-state index contributed by atoms with van der Waals surface area (Å²) in [6, 6.07) is 6.55. The minimum absolute atomic E-state index is 0.309. The number of rotatable bonds is 3. The Kier molecular flexibility index (Phi) is 2.73. The van der Waals surface area contributed by atoms with Gasteiger partial charge in [-0.2, -0.15) is 0 Å². The molecule has 16 heavy (non-hydrogen) atoms. The van der Waals surface area contributed by atoms with Crippen molar-refractivity contribution in [1.29, 1.82) is 0 Å². The molecule has 1 unspecified atom stereocenters. The zero-order valence-electron chi connectivity index (χ0n) is 8.82. The maximum atomic E-state index is 6.12. The van der Waals surface area contributed by atoms with Gasteiger partial charge in [-0.15, -0.1) is 11.3 Å². The third-order valence-corrected chi connectivity index (χ3v) is 4.58. The van der Waals surface area contributed by atoms with Crippen LogP contribution in [0.25, 0.3) is 10.2 Å². The van der Waals surface area contributed by atoms with Crippen LogP contribution in [0.15, 0.2) is 22.7 Å². The number of halogens is 1. The molecule has 0 saturated heterocycles. The van der Waals surface area contributed by atoms with Crippen molar-refractivity contribution in [1.82, 2.24) is 4.98 Å². The molecule has 2 nitrogen and oxygen atoms in total. The molecule has 1 aromatic heterocycles. The van der Waals surface area contributed by atoms with E-state index in [1.807, 2.05) is 0 Å². The average molecular weight is 297 g/mol. The normalized spacial score (nSPS) is 17.9. The molecule has 0 amide bonds. The van der Waals surface area contributed by atoms with E-state index in [1.165, 1.54) is 22.5 Å². The van der Waals surface area contributed by atoms with Crippen LogP contribution in [-0.4, -0.2) is 11.0 Å². The summed E-state index contributed by atoms with van der Waals surface area (Å²) in [5.41, 5.74) is 7.20. The SMILES string of the molecule is NC(Cc1nc2cc(Br)ccc2s1)C1CC1. The van der Waals surface area contributed by atoms with Gasteiger partial charge in [-0.25, -0.2) is 4.98 Å². The number of benzene rings is 1. The highest BCUT2D eigenvalue weighted by Crippen LogP contribution is 2.34. The van der Waals surface area contributed by atoms with Gasteiger partial charge in [0, 0.05) is 16.9 Å². The number of hydrogen-bond acceptors (Lipinski definition) is 3. The van der Waals surface area contributed by atoms with E-state index in [-0.39, 0.29) is 0 Å². The molecule has 2 N–H and O–H groups in total. The first-order valence-corrected chi connectivity index (χ1v) is 7.14. The van der Waals surface area contributed by atoms with Crippen molar-refractivity contribution < 1.29 is 0 Å². The number of nitrogens with two attached hydrogens (primary N) is 1. The molecule has 1 aromatic carbocycles. The lowest BCUT2D eigenvalue weighted by Gasteiger charge is -2.06. The summed E-state index contributed by atoms with van der Waals surface area (Å²) in [6.07, 6.45) is 3.54. The maximum Gasteiger partial charge on any atom is 0.0954 e. The largest absolute Gasteiger partial charge is 0.327 e. The second kappa shape index (κ2) is 4.09. The predicted molar refractivity (Wildman–Crippen MR) is 71.7 cm³/mol. The van der Waals surface area contributed by atoms with Gasteiger partial charge in [-0.3, -0.25) is 0 Å². The fourth-order valence-corrected chi connectivity index (χ4v) is 3.30. The Balaban J connectivity index is 1.86. The first-order valence-electron chi connectivity index (χ1n) is 5.53. The summed E-state index contributed by atoms with van der Waals surface area (Å²) in [4.78, 5) is 4.63. The minimum Gasteiger partial charge on any atom is -0.327 e. The van der Waals surface area contributed by atoms with Gasteiger partial charge in [0.15, 0.2) is 0 Å². The second-order valence-corrected chi connectivity index (χ2v) is 6.46. The lowest BCUT2D eigenvalue weighted by Crippen LogP contribution is -2.24. The maximum absolute atomic E-state index is 6.12. The lowest BCUT2D eigenvalue weighted by molar-refractivity contribution is 0.590. The number of aromatic nitrogens is 1. The third-order valence-electron chi connectivity index (χ3n) is 3.03. The standard InChI is InChI=1S/C12H13BrN2S/c13-8-3-4-11-10(5-8)15-12(16-11)6-9(14)7-1-2-7/h3-5,7,9H,1-2,6,14H2. The van der Waals surface area contributed by atoms with Crippen LogP contribution >= 0.6 is 27.3 Å². The van der Waals surface area contributed by atoms with Crippen molar-refractivity contribution in [3.63, 3.8) is 0 Å². The summed E-state index contributed by atoms with van der Waals surface area (Å²) in [7, 11) is 0. The Morgan fingerprint density at radius 1 is 1.50 bits per heavy atom. The Hall–Kier alpha value is -0.450. The van der Waals surface area contributed by atoms with Gasteiger partial charge in [-0.1, -0.05) is 15.9 Å². The number of hydrogen-bond donors (Lipinski definition) is 1. The van der Waals surface area contributed by atoms with E-state index in [0.717, 1.165) is 22.3 Å². The molecule has 0 spiro atoms. The zero-order chi connectivity index (χ0) is 11.1. The molecule has 1 atom stereocenters. The van der Waals surface area contributed by atoms with Crippen LogP contribution in [0, 0.1) is 5.92 Å². The van der Waals surface area contributed by atoms with E-state index in [2.05, 4.69) is 39.1 Å². The Bertz CT molecular complexity index is 519. The number of thiazole rings is 1. The molecule has 1 heterocycles. The molecular formula is C12H13BrN2S. The van der Waals surface area contributed by atoms with E-state index < -0.39 is 0 Å². The quantitative estimate of drug-likeness (QED) is 0.943. The molecular weight excluding hydrogens is 284 g/mol. The van der Waals surface area contributed by atoms with Gasteiger partial charge in [-0.05, 0) is 37.0 Å². The van der Waals surface area contributed by atoms with Gasteiger partial charge in [0.2, 0.25) is 0 Å². The Morgan fingerprint density at radius 2 is 2.31 bits per heavy atom. The van der Waals surface area contributed by atoms with Gasteiger partial charge in [0.05, 0.1) is 15.2 Å². The monoisotopic (exact) mass is 296 g/mol. The summed E-state index contributed by atoms with van der Waals surface area (Å²) < 4.78 is 2.34. The molecule has 0 radical (unpaired) electrons. The highest BCUT2D eigenvalue weighted by Gasteiger charge is 2.29. The highest BCUT2D eigenvalue weighted by molar-refractivity contribution is 9.10. The van der Waals surface area contributed by atoms with Crippen LogP contribution in [0.2, 0.25) is 0 Å². The van der Waals surface area contributed by atoms with E-state index in [1.54, 1.807) is 11.3 Å². The summed E-state index contributed by atoms with van der Waals surface area (Å²) in [6.45, 7) is 0. The fraction of sp³-hybridized carbons (Fsp3) is 0.417. The third kappa shape index (κ3) is 2.14. The smallest absolute Gasteiger partial charge is 0.0954 e.